The molecule has 0 heterocycles. The normalized spacial score (nSPS) is 11.0. The third-order valence-corrected chi connectivity index (χ3v) is 2.34. The molecular formula is C12H22OS. The molecule has 0 aromatic rings. The van der Waals surface area contributed by atoms with Crippen LogP contribution in [0.2, 0.25) is 0 Å². The Balaban J connectivity index is 3.66. The molecule has 1 nitrogen and oxygen atoms in total. The van der Waals surface area contributed by atoms with E-state index >= 15 is 0 Å². The number of hydrogen-bond acceptors (Lipinski definition) is 2. The van der Waals surface area contributed by atoms with Gasteiger partial charge >= 0.3 is 0 Å². The lowest BCUT2D eigenvalue weighted by Gasteiger charge is -2.07. The monoisotopic (exact) mass is 214 g/mol. The zero-order valence-electron chi connectivity index (χ0n) is 9.80. The summed E-state index contributed by atoms with van der Waals surface area (Å²) in [7, 11) is 0. The van der Waals surface area contributed by atoms with Gasteiger partial charge in [-0.05, 0) is 24.7 Å². The second-order valence-corrected chi connectivity index (χ2v) is 5.36. The maximum atomic E-state index is 11.5. The highest BCUT2D eigenvalue weighted by molar-refractivity contribution is 7.80. The van der Waals surface area contributed by atoms with E-state index in [0.717, 1.165) is 17.7 Å². The average Bonchev–Trinajstić information content (AvgIpc) is 1.98. The summed E-state index contributed by atoms with van der Waals surface area (Å²) in [5.41, 5.74) is 0. The molecule has 2 heteroatoms. The van der Waals surface area contributed by atoms with Crippen molar-refractivity contribution in [1.29, 1.82) is 0 Å². The van der Waals surface area contributed by atoms with E-state index < -0.39 is 0 Å². The molecule has 0 saturated carbocycles. The first-order valence-corrected chi connectivity index (χ1v) is 5.86. The topological polar surface area (TPSA) is 17.1 Å². The van der Waals surface area contributed by atoms with E-state index in [4.69, 9.17) is 12.2 Å². The molecule has 0 unspecified atom stereocenters. The number of carbonyl (C=O) groups is 1. The van der Waals surface area contributed by atoms with E-state index in [1.54, 1.807) is 0 Å². The van der Waals surface area contributed by atoms with Gasteiger partial charge in [-0.1, -0.05) is 39.9 Å². The van der Waals surface area contributed by atoms with Gasteiger partial charge in [0.15, 0.2) is 0 Å². The molecule has 0 amide bonds. The first kappa shape index (κ1) is 13.8. The van der Waals surface area contributed by atoms with Crippen LogP contribution in [0.1, 0.15) is 53.4 Å². The zero-order chi connectivity index (χ0) is 11.1. The number of thiocarbonyl (C=S) groups is 1. The first-order chi connectivity index (χ1) is 6.41. The SMILES string of the molecule is CC(C)CCC(=O)CC(=S)CC(C)C. The maximum absolute atomic E-state index is 11.5. The summed E-state index contributed by atoms with van der Waals surface area (Å²) in [5, 5.41) is 0. The molecule has 0 atom stereocenters. The summed E-state index contributed by atoms with van der Waals surface area (Å²) in [5.74, 6) is 1.49. The number of hydrogen-bond donors (Lipinski definition) is 0. The molecule has 0 aliphatic carbocycles. The lowest BCUT2D eigenvalue weighted by atomic mass is 10.00. The average molecular weight is 214 g/mol. The van der Waals surface area contributed by atoms with Gasteiger partial charge in [-0.25, -0.2) is 0 Å². The molecule has 82 valence electrons. The second kappa shape index (κ2) is 7.10. The van der Waals surface area contributed by atoms with Gasteiger partial charge in [0.05, 0.1) is 0 Å². The fourth-order valence-electron chi connectivity index (χ4n) is 1.29. The van der Waals surface area contributed by atoms with Crippen molar-refractivity contribution in [3.05, 3.63) is 0 Å². The first-order valence-electron chi connectivity index (χ1n) is 5.45. The van der Waals surface area contributed by atoms with Crippen LogP contribution in [-0.2, 0) is 4.79 Å². The lowest BCUT2D eigenvalue weighted by molar-refractivity contribution is -0.118. The Morgan fingerprint density at radius 2 is 1.71 bits per heavy atom. The van der Waals surface area contributed by atoms with Gasteiger partial charge in [0, 0.05) is 17.7 Å². The fraction of sp³-hybridized carbons (Fsp3) is 0.833. The third kappa shape index (κ3) is 8.36. The Morgan fingerprint density at radius 1 is 1.14 bits per heavy atom. The van der Waals surface area contributed by atoms with Crippen LogP contribution in [0.4, 0.5) is 0 Å². The van der Waals surface area contributed by atoms with E-state index in [1.165, 1.54) is 0 Å². The van der Waals surface area contributed by atoms with Crippen molar-refractivity contribution in [2.45, 2.75) is 53.4 Å². The summed E-state index contributed by atoms with van der Waals surface area (Å²) < 4.78 is 0. The van der Waals surface area contributed by atoms with Crippen molar-refractivity contribution in [2.75, 3.05) is 0 Å². The number of rotatable bonds is 7. The third-order valence-electron chi connectivity index (χ3n) is 2.03. The summed E-state index contributed by atoms with van der Waals surface area (Å²) >= 11 is 5.17. The Bertz CT molecular complexity index is 194. The van der Waals surface area contributed by atoms with Gasteiger partial charge in [0.2, 0.25) is 0 Å². The van der Waals surface area contributed by atoms with Gasteiger partial charge in [0.1, 0.15) is 5.78 Å². The molecular weight excluding hydrogens is 192 g/mol. The Hall–Kier alpha value is -0.240. The minimum Gasteiger partial charge on any atom is -0.299 e. The van der Waals surface area contributed by atoms with E-state index in [-0.39, 0.29) is 0 Å². The molecule has 0 rings (SSSR count). The van der Waals surface area contributed by atoms with Crippen LogP contribution in [0.25, 0.3) is 0 Å². The highest BCUT2D eigenvalue weighted by atomic mass is 32.1. The van der Waals surface area contributed by atoms with Gasteiger partial charge in [-0.15, -0.1) is 0 Å². The molecule has 0 radical (unpaired) electrons. The Kier molecular flexibility index (Phi) is 6.98. The van der Waals surface area contributed by atoms with Crippen molar-refractivity contribution in [3.8, 4) is 0 Å². The van der Waals surface area contributed by atoms with Crippen LogP contribution < -0.4 is 0 Å². The molecule has 0 N–H and O–H groups in total. The van der Waals surface area contributed by atoms with E-state index in [2.05, 4.69) is 27.7 Å². The zero-order valence-corrected chi connectivity index (χ0v) is 10.6. The highest BCUT2D eigenvalue weighted by Crippen LogP contribution is 2.09. The van der Waals surface area contributed by atoms with Crippen LogP contribution in [0.5, 0.6) is 0 Å². The minimum absolute atomic E-state index is 0.310. The molecule has 0 aromatic heterocycles. The molecule has 0 fully saturated rings. The van der Waals surface area contributed by atoms with Crippen LogP contribution >= 0.6 is 12.2 Å². The molecule has 0 aromatic carbocycles. The molecule has 0 aliphatic heterocycles. The summed E-state index contributed by atoms with van der Waals surface area (Å²) in [4.78, 5) is 12.4. The smallest absolute Gasteiger partial charge is 0.137 e. The standard InChI is InChI=1S/C12H22OS/c1-9(2)5-6-11(13)8-12(14)7-10(3)4/h9-10H,5-8H2,1-4H3. The molecule has 14 heavy (non-hydrogen) atoms. The van der Waals surface area contributed by atoms with Crippen molar-refractivity contribution in [2.24, 2.45) is 11.8 Å². The van der Waals surface area contributed by atoms with Crippen molar-refractivity contribution in [3.63, 3.8) is 0 Å². The molecule has 0 bridgehead atoms. The van der Waals surface area contributed by atoms with Crippen LogP contribution in [0.3, 0.4) is 0 Å². The summed E-state index contributed by atoms with van der Waals surface area (Å²) in [6, 6.07) is 0. The summed E-state index contributed by atoms with van der Waals surface area (Å²) in [6.07, 6.45) is 3.10. The van der Waals surface area contributed by atoms with Crippen LogP contribution in [-0.4, -0.2) is 10.6 Å². The second-order valence-electron chi connectivity index (χ2n) is 4.78. The van der Waals surface area contributed by atoms with Crippen molar-refractivity contribution >= 4 is 22.9 Å². The van der Waals surface area contributed by atoms with Crippen LogP contribution in [0, 0.1) is 11.8 Å². The predicted octanol–water partition coefficient (Wildman–Crippen LogP) is 3.80. The molecule has 0 spiro atoms. The maximum Gasteiger partial charge on any atom is 0.137 e. The lowest BCUT2D eigenvalue weighted by Crippen LogP contribution is -2.09. The molecule has 0 saturated heterocycles. The molecule has 0 aliphatic rings. The quantitative estimate of drug-likeness (QED) is 0.600. The number of ketones is 1. The predicted molar refractivity (Wildman–Crippen MR) is 65.7 cm³/mol. The van der Waals surface area contributed by atoms with E-state index in [9.17, 15) is 4.79 Å². The Morgan fingerprint density at radius 3 is 2.14 bits per heavy atom. The van der Waals surface area contributed by atoms with E-state index in [1.807, 2.05) is 0 Å². The fourth-order valence-corrected chi connectivity index (χ4v) is 1.78. The largest absolute Gasteiger partial charge is 0.299 e. The Labute approximate surface area is 93.3 Å². The van der Waals surface area contributed by atoms with Gasteiger partial charge in [-0.3, -0.25) is 4.79 Å². The van der Waals surface area contributed by atoms with Crippen LogP contribution in [0.15, 0.2) is 0 Å². The van der Waals surface area contributed by atoms with Gasteiger partial charge in [-0.2, -0.15) is 0 Å². The highest BCUT2D eigenvalue weighted by Gasteiger charge is 2.08. The number of carbonyl (C=O) groups excluding carboxylic acids is 1. The van der Waals surface area contributed by atoms with Gasteiger partial charge in [0.25, 0.3) is 0 Å². The van der Waals surface area contributed by atoms with E-state index in [0.29, 0.717) is 30.5 Å². The van der Waals surface area contributed by atoms with Crippen molar-refractivity contribution < 1.29 is 4.79 Å². The van der Waals surface area contributed by atoms with Gasteiger partial charge < -0.3 is 0 Å². The van der Waals surface area contributed by atoms with Crippen molar-refractivity contribution in [1.82, 2.24) is 0 Å². The minimum atomic E-state index is 0.310. The number of Topliss-reactive ketones (excluding diaryl/α,β-unsaturated/α-hetero) is 1. The summed E-state index contributed by atoms with van der Waals surface area (Å²) in [6.45, 7) is 8.54.